The molecule has 84 valence electrons. The third-order valence-corrected chi connectivity index (χ3v) is 2.92. The normalized spacial score (nSPS) is 11.3. The van der Waals surface area contributed by atoms with E-state index in [-0.39, 0.29) is 13.2 Å². The Hall–Kier alpha value is -0.820. The van der Waals surface area contributed by atoms with Crippen LogP contribution in [0, 0.1) is 0 Å². The van der Waals surface area contributed by atoms with Gasteiger partial charge in [-0.05, 0) is 12.1 Å². The Morgan fingerprint density at radius 1 is 1.33 bits per heavy atom. The van der Waals surface area contributed by atoms with Crippen molar-refractivity contribution in [3.05, 3.63) is 29.3 Å². The largest absolute Gasteiger partial charge is 0.395 e. The number of hydrogen-bond donors (Lipinski definition) is 3. The van der Waals surface area contributed by atoms with Crippen LogP contribution in [0.4, 0.5) is 5.69 Å². The summed E-state index contributed by atoms with van der Waals surface area (Å²) in [5.74, 6) is 0. The van der Waals surface area contributed by atoms with Gasteiger partial charge in [0.2, 0.25) is 0 Å². The van der Waals surface area contributed by atoms with Gasteiger partial charge in [-0.15, -0.1) is 0 Å². The summed E-state index contributed by atoms with van der Waals surface area (Å²) in [4.78, 5) is 0. The highest BCUT2D eigenvalue weighted by Crippen LogP contribution is 2.20. The number of halogens is 1. The predicted molar refractivity (Wildman–Crippen MR) is 59.1 cm³/mol. The summed E-state index contributed by atoms with van der Waals surface area (Å²) in [7, 11) is -3.66. The van der Waals surface area contributed by atoms with Gasteiger partial charge in [0, 0.05) is 6.54 Å². The topological polar surface area (TPSA) is 78.4 Å². The van der Waals surface area contributed by atoms with Crippen LogP contribution >= 0.6 is 11.6 Å². The van der Waals surface area contributed by atoms with Crippen molar-refractivity contribution in [2.45, 2.75) is 0 Å². The van der Waals surface area contributed by atoms with Crippen LogP contribution < -0.4 is 9.44 Å². The highest BCUT2D eigenvalue weighted by Gasteiger charge is 2.10. The Kier molecular flexibility index (Phi) is 4.34. The Morgan fingerprint density at radius 2 is 2.00 bits per heavy atom. The number of anilines is 1. The van der Waals surface area contributed by atoms with E-state index in [0.29, 0.717) is 10.7 Å². The molecule has 15 heavy (non-hydrogen) atoms. The molecular weight excluding hydrogens is 240 g/mol. The van der Waals surface area contributed by atoms with E-state index >= 15 is 0 Å². The number of benzene rings is 1. The maximum atomic E-state index is 11.3. The lowest BCUT2D eigenvalue weighted by atomic mass is 10.3. The molecule has 0 atom stereocenters. The Morgan fingerprint density at radius 3 is 2.60 bits per heavy atom. The van der Waals surface area contributed by atoms with Crippen LogP contribution in [0.25, 0.3) is 0 Å². The molecule has 0 aliphatic rings. The predicted octanol–water partition coefficient (Wildman–Crippen LogP) is 0.579. The van der Waals surface area contributed by atoms with Gasteiger partial charge in [-0.25, -0.2) is 0 Å². The molecule has 0 aliphatic carbocycles. The molecule has 0 saturated heterocycles. The van der Waals surface area contributed by atoms with Crippen molar-refractivity contribution in [2.24, 2.45) is 0 Å². The van der Waals surface area contributed by atoms with Gasteiger partial charge >= 0.3 is 0 Å². The van der Waals surface area contributed by atoms with Gasteiger partial charge in [0.1, 0.15) is 0 Å². The van der Waals surface area contributed by atoms with Gasteiger partial charge in [-0.1, -0.05) is 23.7 Å². The van der Waals surface area contributed by atoms with Gasteiger partial charge < -0.3 is 5.11 Å². The summed E-state index contributed by atoms with van der Waals surface area (Å²) < 4.78 is 27.0. The molecule has 0 heterocycles. The van der Waals surface area contributed by atoms with Gasteiger partial charge in [0.25, 0.3) is 10.2 Å². The van der Waals surface area contributed by atoms with Crippen molar-refractivity contribution >= 4 is 27.5 Å². The van der Waals surface area contributed by atoms with Crippen LogP contribution in [0.15, 0.2) is 24.3 Å². The molecule has 0 spiro atoms. The number of aliphatic hydroxyl groups is 1. The second-order valence-electron chi connectivity index (χ2n) is 2.70. The molecule has 0 aliphatic heterocycles. The lowest BCUT2D eigenvalue weighted by molar-refractivity contribution is 0.301. The van der Waals surface area contributed by atoms with Crippen molar-refractivity contribution in [2.75, 3.05) is 17.9 Å². The molecule has 3 N–H and O–H groups in total. The van der Waals surface area contributed by atoms with E-state index in [1.807, 2.05) is 0 Å². The van der Waals surface area contributed by atoms with Gasteiger partial charge in [-0.2, -0.15) is 13.1 Å². The summed E-state index contributed by atoms with van der Waals surface area (Å²) in [5.41, 5.74) is 0.296. The van der Waals surface area contributed by atoms with Crippen LogP contribution in [0.3, 0.4) is 0 Å². The molecule has 0 radical (unpaired) electrons. The number of rotatable bonds is 5. The summed E-state index contributed by atoms with van der Waals surface area (Å²) >= 11 is 5.76. The van der Waals surface area contributed by atoms with Crippen LogP contribution in [-0.4, -0.2) is 26.7 Å². The third-order valence-electron chi connectivity index (χ3n) is 1.52. The van der Waals surface area contributed by atoms with E-state index < -0.39 is 10.2 Å². The quantitative estimate of drug-likeness (QED) is 0.715. The zero-order chi connectivity index (χ0) is 11.3. The molecule has 0 amide bonds. The zero-order valence-corrected chi connectivity index (χ0v) is 9.35. The van der Waals surface area contributed by atoms with Crippen molar-refractivity contribution in [1.29, 1.82) is 0 Å². The van der Waals surface area contributed by atoms with Crippen LogP contribution in [0.1, 0.15) is 0 Å². The van der Waals surface area contributed by atoms with Crippen molar-refractivity contribution in [3.63, 3.8) is 0 Å². The van der Waals surface area contributed by atoms with Gasteiger partial charge in [0.05, 0.1) is 17.3 Å². The highest BCUT2D eigenvalue weighted by atomic mass is 35.5. The number of nitrogens with one attached hydrogen (secondary N) is 2. The molecule has 0 unspecified atom stereocenters. The minimum absolute atomic E-state index is 0.0419. The molecule has 0 saturated carbocycles. The van der Waals surface area contributed by atoms with E-state index in [1.165, 1.54) is 0 Å². The fraction of sp³-hybridized carbons (Fsp3) is 0.250. The lowest BCUT2D eigenvalue weighted by Crippen LogP contribution is -2.32. The molecule has 0 aromatic heterocycles. The van der Waals surface area contributed by atoms with E-state index in [1.54, 1.807) is 24.3 Å². The zero-order valence-electron chi connectivity index (χ0n) is 7.77. The third kappa shape index (κ3) is 4.05. The maximum Gasteiger partial charge on any atom is 0.299 e. The molecular formula is C8H11ClN2O3S. The Labute approximate surface area is 93.3 Å². The van der Waals surface area contributed by atoms with E-state index in [0.717, 1.165) is 0 Å². The second-order valence-corrected chi connectivity index (χ2v) is 4.61. The first-order chi connectivity index (χ1) is 7.05. The molecule has 5 nitrogen and oxygen atoms in total. The monoisotopic (exact) mass is 250 g/mol. The molecule has 1 aromatic rings. The first-order valence-corrected chi connectivity index (χ1v) is 6.04. The minimum atomic E-state index is -3.66. The first-order valence-electron chi connectivity index (χ1n) is 4.18. The van der Waals surface area contributed by atoms with Crippen LogP contribution in [0.2, 0.25) is 5.02 Å². The summed E-state index contributed by atoms with van der Waals surface area (Å²) in [6, 6.07) is 6.48. The Bertz CT molecular complexity index is 422. The second kappa shape index (κ2) is 5.32. The summed E-state index contributed by atoms with van der Waals surface area (Å²) in [5, 5.41) is 8.78. The average Bonchev–Trinajstić information content (AvgIpc) is 2.18. The fourth-order valence-electron chi connectivity index (χ4n) is 0.905. The first kappa shape index (κ1) is 12.3. The SMILES string of the molecule is O=S(=O)(NCCO)Nc1ccccc1Cl. The summed E-state index contributed by atoms with van der Waals surface area (Å²) in [6.07, 6.45) is 0. The fourth-order valence-corrected chi connectivity index (χ4v) is 2.04. The lowest BCUT2D eigenvalue weighted by Gasteiger charge is -2.09. The summed E-state index contributed by atoms with van der Waals surface area (Å²) in [6.45, 7) is -0.302. The van der Waals surface area contributed by atoms with Gasteiger partial charge in [-0.3, -0.25) is 4.72 Å². The van der Waals surface area contributed by atoms with E-state index in [9.17, 15) is 8.42 Å². The van der Waals surface area contributed by atoms with Crippen molar-refractivity contribution in [3.8, 4) is 0 Å². The van der Waals surface area contributed by atoms with E-state index in [4.69, 9.17) is 16.7 Å². The number of aliphatic hydroxyl groups excluding tert-OH is 1. The standard InChI is InChI=1S/C8H11ClN2O3S/c9-7-3-1-2-4-8(7)11-15(13,14)10-5-6-12/h1-4,10-12H,5-6H2. The molecule has 0 bridgehead atoms. The number of hydrogen-bond acceptors (Lipinski definition) is 3. The van der Waals surface area contributed by atoms with Gasteiger partial charge in [0.15, 0.2) is 0 Å². The number of para-hydroxylation sites is 1. The molecule has 1 aromatic carbocycles. The smallest absolute Gasteiger partial charge is 0.299 e. The maximum absolute atomic E-state index is 11.3. The Balaban J connectivity index is 2.74. The van der Waals surface area contributed by atoms with E-state index in [2.05, 4.69) is 9.44 Å². The average molecular weight is 251 g/mol. The molecule has 7 heteroatoms. The van der Waals surface area contributed by atoms with Crippen molar-refractivity contribution in [1.82, 2.24) is 4.72 Å². The molecule has 0 fully saturated rings. The minimum Gasteiger partial charge on any atom is -0.395 e. The van der Waals surface area contributed by atoms with Crippen LogP contribution in [-0.2, 0) is 10.2 Å². The van der Waals surface area contributed by atoms with Crippen molar-refractivity contribution < 1.29 is 13.5 Å². The molecule has 1 rings (SSSR count). The highest BCUT2D eigenvalue weighted by molar-refractivity contribution is 7.90. The van der Waals surface area contributed by atoms with Crippen LogP contribution in [0.5, 0.6) is 0 Å².